The summed E-state index contributed by atoms with van der Waals surface area (Å²) in [4.78, 5) is 0. The summed E-state index contributed by atoms with van der Waals surface area (Å²) in [5, 5.41) is 7.01. The van der Waals surface area contributed by atoms with E-state index >= 15 is 0 Å². The molecule has 6 rings (SSSR count). The average molecular weight is 693 g/mol. The maximum absolute atomic E-state index is 6.76. The van der Waals surface area contributed by atoms with Crippen LogP contribution in [0.5, 0.6) is 0 Å². The standard InChI is InChI=1S/C33H34OSi2.C2H4.2ClH.Zr/c1-21(34-36(4,5)6)28-20-29-23-14-8-7-13-22(23)19-30(29)32(33(28)35(2)3)31-26-17-11-9-15-24(26)25-16-10-12-18-27(25)31;1-2;;;/h7-18,20-21H,19H2,1-6H3;1H,2H3;2*1H;/q-1;;;;+2/p-2. The fourth-order valence-corrected chi connectivity index (χ4v) is 9.13. The summed E-state index contributed by atoms with van der Waals surface area (Å²) < 4.78 is 8.85. The summed E-state index contributed by atoms with van der Waals surface area (Å²) in [6.45, 7) is 16.1. The van der Waals surface area contributed by atoms with E-state index < -0.39 is 17.1 Å². The minimum Gasteiger partial charge on any atom is -1.00 e. The maximum Gasteiger partial charge on any atom is -1.00 e. The fourth-order valence-electron chi connectivity index (χ4n) is 6.31. The molecule has 0 N–H and O–H groups in total. The third-order valence-corrected chi connectivity index (χ3v) is 10.1. The number of rotatable bonds is 5. The van der Waals surface area contributed by atoms with Gasteiger partial charge in [0, 0.05) is 8.80 Å². The average Bonchev–Trinajstić information content (AvgIpc) is 3.43. The zero-order chi connectivity index (χ0) is 27.9. The second-order valence-corrected chi connectivity index (χ2v) is 20.1. The molecule has 211 valence electrons. The van der Waals surface area contributed by atoms with Crippen molar-refractivity contribution in [3.63, 3.8) is 0 Å². The zero-order valence-corrected chi connectivity index (χ0v) is 31.0. The van der Waals surface area contributed by atoms with Crippen LogP contribution < -0.4 is 30.0 Å². The van der Waals surface area contributed by atoms with E-state index in [1.165, 1.54) is 84.7 Å². The van der Waals surface area contributed by atoms with Gasteiger partial charge in [-0.1, -0.05) is 135 Å². The van der Waals surface area contributed by atoms with Gasteiger partial charge in [0.1, 0.15) is 0 Å². The van der Waals surface area contributed by atoms with Crippen molar-refractivity contribution in [2.75, 3.05) is 0 Å². The van der Waals surface area contributed by atoms with Gasteiger partial charge in [-0.15, -0.1) is 0 Å². The van der Waals surface area contributed by atoms with Crippen molar-refractivity contribution in [3.05, 3.63) is 95.6 Å². The SMILES string of the molecule is CC(O[Si](C)(C)C)c1cc2c(c(-[c-]3c4ccccc4c4ccccc43)c1[Si](C)C)Cc1ccccc1-2.C[CH]=[Zr+2].[Cl-].[Cl-]. The molecule has 6 heteroatoms. The van der Waals surface area contributed by atoms with E-state index in [0.717, 1.165) is 6.42 Å². The molecule has 41 heavy (non-hydrogen) atoms. The van der Waals surface area contributed by atoms with Crippen LogP contribution in [-0.2, 0) is 35.1 Å². The first-order valence-electron chi connectivity index (χ1n) is 13.9. The first-order valence-corrected chi connectivity index (χ1v) is 21.3. The van der Waals surface area contributed by atoms with Gasteiger partial charge in [0.25, 0.3) is 0 Å². The summed E-state index contributed by atoms with van der Waals surface area (Å²) in [5.74, 6) is 0. The molecule has 0 bridgehead atoms. The van der Waals surface area contributed by atoms with Gasteiger partial charge in [0.05, 0.1) is 6.10 Å². The third-order valence-electron chi connectivity index (χ3n) is 7.54. The molecular weight excluding hydrogens is 655 g/mol. The molecule has 1 nitrogen and oxygen atoms in total. The van der Waals surface area contributed by atoms with Crippen LogP contribution in [0.1, 0.15) is 36.6 Å². The molecule has 0 heterocycles. The van der Waals surface area contributed by atoms with Crippen molar-refractivity contribution >= 4 is 47.6 Å². The topological polar surface area (TPSA) is 9.23 Å². The number of fused-ring (bicyclic) bond motifs is 6. The minimum absolute atomic E-state index is 0. The Kier molecular flexibility index (Phi) is 11.5. The van der Waals surface area contributed by atoms with Crippen LogP contribution in [-0.4, -0.2) is 20.8 Å². The smallest absolute Gasteiger partial charge is 1.00 e. The molecule has 0 amide bonds. The fraction of sp³-hybridized carbons (Fsp3) is 0.257. The van der Waals surface area contributed by atoms with Crippen molar-refractivity contribution in [1.29, 1.82) is 0 Å². The van der Waals surface area contributed by atoms with E-state index in [2.05, 4.69) is 122 Å². The van der Waals surface area contributed by atoms with Gasteiger partial charge in [0.2, 0.25) is 0 Å². The van der Waals surface area contributed by atoms with E-state index in [4.69, 9.17) is 4.43 Å². The monoisotopic (exact) mass is 690 g/mol. The van der Waals surface area contributed by atoms with Gasteiger partial charge in [0.15, 0.2) is 8.32 Å². The van der Waals surface area contributed by atoms with Crippen molar-refractivity contribution in [2.24, 2.45) is 0 Å². The van der Waals surface area contributed by atoms with Crippen LogP contribution in [0.15, 0.2) is 78.9 Å². The van der Waals surface area contributed by atoms with Gasteiger partial charge < -0.3 is 29.2 Å². The third kappa shape index (κ3) is 6.54. The molecule has 1 radical (unpaired) electrons. The Morgan fingerprint density at radius 2 is 1.37 bits per heavy atom. The molecule has 1 aliphatic rings. The molecule has 0 spiro atoms. The number of benzene rings is 4. The summed E-state index contributed by atoms with van der Waals surface area (Å²) in [6, 6.07) is 29.5. The van der Waals surface area contributed by atoms with E-state index in [9.17, 15) is 0 Å². The van der Waals surface area contributed by atoms with Gasteiger partial charge in [-0.3, -0.25) is 0 Å². The predicted molar refractivity (Wildman–Crippen MR) is 172 cm³/mol. The number of hydrogen-bond acceptors (Lipinski definition) is 1. The summed E-state index contributed by atoms with van der Waals surface area (Å²) in [7, 11) is -2.52. The molecule has 0 aromatic heterocycles. The first-order chi connectivity index (χ1) is 18.7. The van der Waals surface area contributed by atoms with E-state index in [0.29, 0.717) is 0 Å². The molecule has 0 saturated heterocycles. The largest absolute Gasteiger partial charge is 1.00 e. The molecular formula is C35H38Cl2OSi2Zr-. The van der Waals surface area contributed by atoms with Crippen LogP contribution in [0.2, 0.25) is 32.7 Å². The van der Waals surface area contributed by atoms with Crippen molar-refractivity contribution in [1.82, 2.24) is 0 Å². The first kappa shape index (κ1) is 34.0. The second-order valence-electron chi connectivity index (χ2n) is 11.7. The summed E-state index contributed by atoms with van der Waals surface area (Å²) >= 11 is 1.51. The van der Waals surface area contributed by atoms with Crippen LogP contribution >= 0.6 is 0 Å². The normalized spacial score (nSPS) is 12.6. The van der Waals surface area contributed by atoms with Crippen molar-refractivity contribution in [2.45, 2.75) is 59.1 Å². The van der Waals surface area contributed by atoms with Crippen LogP contribution in [0.4, 0.5) is 0 Å². The Hall–Kier alpha value is -1.52. The maximum atomic E-state index is 6.76. The van der Waals surface area contributed by atoms with E-state index in [1.807, 2.05) is 6.92 Å². The molecule has 1 atom stereocenters. The molecule has 0 saturated carbocycles. The molecule has 5 aromatic rings. The Morgan fingerprint density at radius 3 is 1.90 bits per heavy atom. The predicted octanol–water partition coefficient (Wildman–Crippen LogP) is 3.19. The van der Waals surface area contributed by atoms with Crippen LogP contribution in [0.3, 0.4) is 0 Å². The number of halogens is 2. The minimum atomic E-state index is -1.72. The Labute approximate surface area is 276 Å². The van der Waals surface area contributed by atoms with E-state index in [-0.39, 0.29) is 30.9 Å². The van der Waals surface area contributed by atoms with E-state index in [1.54, 1.807) is 5.19 Å². The summed E-state index contributed by atoms with van der Waals surface area (Å²) in [6.07, 6.45) is 1.08. The Morgan fingerprint density at radius 1 is 0.854 bits per heavy atom. The van der Waals surface area contributed by atoms with Crippen LogP contribution in [0.25, 0.3) is 43.8 Å². The van der Waals surface area contributed by atoms with Crippen molar-refractivity contribution < 1.29 is 53.5 Å². The zero-order valence-electron chi connectivity index (χ0n) is 25.0. The molecule has 1 aliphatic carbocycles. The quantitative estimate of drug-likeness (QED) is 0.200. The summed E-state index contributed by atoms with van der Waals surface area (Å²) in [5.41, 5.74) is 10.1. The molecule has 0 aliphatic heterocycles. The van der Waals surface area contributed by atoms with Crippen molar-refractivity contribution in [3.8, 4) is 22.3 Å². The molecule has 0 fully saturated rings. The second kappa shape index (κ2) is 13.8. The molecule has 1 unspecified atom stereocenters. The Bertz CT molecular complexity index is 1630. The van der Waals surface area contributed by atoms with Gasteiger partial charge in [-0.25, -0.2) is 0 Å². The van der Waals surface area contributed by atoms with Gasteiger partial charge >= 0.3 is 34.9 Å². The molecule has 5 aromatic carbocycles. The Balaban J connectivity index is 0.000000887. The van der Waals surface area contributed by atoms with Gasteiger partial charge in [-0.2, -0.15) is 0 Å². The van der Waals surface area contributed by atoms with Gasteiger partial charge in [-0.05, 0) is 55.2 Å². The van der Waals surface area contributed by atoms with Crippen LogP contribution in [0, 0.1) is 0 Å². The number of hydrogen-bond donors (Lipinski definition) is 0.